The lowest BCUT2D eigenvalue weighted by Crippen LogP contribution is -1.88. The number of hydrogen-bond donors (Lipinski definition) is 1. The number of nitroso groups, excluding NO2 is 1. The van der Waals surface area contributed by atoms with E-state index in [-0.39, 0.29) is 0 Å². The first-order valence-corrected chi connectivity index (χ1v) is 3.35. The second-order valence-electron chi connectivity index (χ2n) is 2.59. The molecular formula is C8H10N2O. The van der Waals surface area contributed by atoms with Gasteiger partial charge in [-0.25, -0.2) is 0 Å². The average Bonchev–Trinajstić information content (AvgIpc) is 1.97. The zero-order valence-electron chi connectivity index (χ0n) is 6.59. The van der Waals surface area contributed by atoms with Gasteiger partial charge in [0.2, 0.25) is 0 Å². The van der Waals surface area contributed by atoms with Gasteiger partial charge in [0, 0.05) is 0 Å². The molecule has 1 aromatic rings. The number of hydrogen-bond acceptors (Lipinski definition) is 3. The Morgan fingerprint density at radius 2 is 1.82 bits per heavy atom. The zero-order chi connectivity index (χ0) is 8.43. The second-order valence-corrected chi connectivity index (χ2v) is 2.59. The fraction of sp³-hybridized carbons (Fsp3) is 0.250. The zero-order valence-corrected chi connectivity index (χ0v) is 6.59. The number of benzene rings is 1. The van der Waals surface area contributed by atoms with E-state index in [1.165, 1.54) is 0 Å². The summed E-state index contributed by atoms with van der Waals surface area (Å²) in [6, 6.07) is 3.45. The number of nitrogen functional groups attached to an aromatic ring is 1. The molecule has 0 aliphatic rings. The van der Waals surface area contributed by atoms with Gasteiger partial charge in [0.05, 0.1) is 5.69 Å². The van der Waals surface area contributed by atoms with Gasteiger partial charge < -0.3 is 5.73 Å². The molecule has 0 aliphatic heterocycles. The fourth-order valence-corrected chi connectivity index (χ4v) is 0.902. The Hall–Kier alpha value is -1.38. The topological polar surface area (TPSA) is 55.4 Å². The maximum atomic E-state index is 10.2. The van der Waals surface area contributed by atoms with Crippen molar-refractivity contribution in [3.63, 3.8) is 0 Å². The summed E-state index contributed by atoms with van der Waals surface area (Å²) in [7, 11) is 0. The number of anilines is 1. The highest BCUT2D eigenvalue weighted by Gasteiger charge is 2.00. The molecule has 0 saturated heterocycles. The smallest absolute Gasteiger partial charge is 0.131 e. The van der Waals surface area contributed by atoms with Crippen LogP contribution in [0.3, 0.4) is 0 Å². The largest absolute Gasteiger partial charge is 0.397 e. The Morgan fingerprint density at radius 1 is 1.27 bits per heavy atom. The van der Waals surface area contributed by atoms with E-state index in [1.54, 1.807) is 12.1 Å². The molecule has 0 aliphatic carbocycles. The summed E-state index contributed by atoms with van der Waals surface area (Å²) in [4.78, 5) is 10.2. The average molecular weight is 150 g/mol. The number of nitrogens with zero attached hydrogens (tertiary/aromatic N) is 1. The minimum absolute atomic E-state index is 0.327. The molecule has 0 fully saturated rings. The Kier molecular flexibility index (Phi) is 1.89. The van der Waals surface area contributed by atoms with E-state index in [0.717, 1.165) is 11.1 Å². The molecule has 1 rings (SSSR count). The third kappa shape index (κ3) is 1.37. The molecule has 11 heavy (non-hydrogen) atoms. The van der Waals surface area contributed by atoms with Crippen molar-refractivity contribution in [1.82, 2.24) is 0 Å². The predicted molar refractivity (Wildman–Crippen MR) is 45.8 cm³/mol. The maximum absolute atomic E-state index is 10.2. The van der Waals surface area contributed by atoms with Crippen LogP contribution in [-0.4, -0.2) is 0 Å². The number of rotatable bonds is 1. The van der Waals surface area contributed by atoms with Crippen molar-refractivity contribution in [3.05, 3.63) is 28.2 Å². The Labute approximate surface area is 65.2 Å². The minimum atomic E-state index is 0.327. The molecule has 3 heteroatoms. The fourth-order valence-electron chi connectivity index (χ4n) is 0.902. The minimum Gasteiger partial charge on any atom is -0.397 e. The van der Waals surface area contributed by atoms with E-state index in [4.69, 9.17) is 5.73 Å². The quantitative estimate of drug-likeness (QED) is 0.493. The van der Waals surface area contributed by atoms with Crippen LogP contribution in [0, 0.1) is 18.8 Å². The second kappa shape index (κ2) is 2.70. The monoisotopic (exact) mass is 150 g/mol. The van der Waals surface area contributed by atoms with Crippen LogP contribution in [-0.2, 0) is 0 Å². The Balaban J connectivity index is 3.31. The van der Waals surface area contributed by atoms with E-state index in [0.29, 0.717) is 11.4 Å². The molecule has 1 aromatic carbocycles. The predicted octanol–water partition coefficient (Wildman–Crippen LogP) is 2.28. The highest BCUT2D eigenvalue weighted by Crippen LogP contribution is 2.24. The highest BCUT2D eigenvalue weighted by molar-refractivity contribution is 5.64. The van der Waals surface area contributed by atoms with Crippen molar-refractivity contribution in [2.75, 3.05) is 5.73 Å². The summed E-state index contributed by atoms with van der Waals surface area (Å²) >= 11 is 0. The molecule has 0 saturated carbocycles. The van der Waals surface area contributed by atoms with Crippen molar-refractivity contribution in [1.29, 1.82) is 0 Å². The van der Waals surface area contributed by atoms with Crippen LogP contribution in [0.25, 0.3) is 0 Å². The van der Waals surface area contributed by atoms with Gasteiger partial charge in [-0.05, 0) is 42.3 Å². The van der Waals surface area contributed by atoms with Crippen LogP contribution in [0.2, 0.25) is 0 Å². The van der Waals surface area contributed by atoms with Crippen molar-refractivity contribution in [2.45, 2.75) is 13.8 Å². The van der Waals surface area contributed by atoms with Gasteiger partial charge in [-0.3, -0.25) is 0 Å². The summed E-state index contributed by atoms with van der Waals surface area (Å²) in [5.41, 5.74) is 8.40. The van der Waals surface area contributed by atoms with Gasteiger partial charge in [-0.1, -0.05) is 0 Å². The molecule has 0 spiro atoms. The molecule has 0 unspecified atom stereocenters. The van der Waals surface area contributed by atoms with E-state index in [2.05, 4.69) is 5.18 Å². The van der Waals surface area contributed by atoms with Crippen molar-refractivity contribution >= 4 is 11.4 Å². The molecule has 0 atom stereocenters. The normalized spacial score (nSPS) is 9.64. The number of nitrogens with two attached hydrogens (primary N) is 1. The van der Waals surface area contributed by atoms with Crippen LogP contribution in [0.15, 0.2) is 17.3 Å². The molecular weight excluding hydrogens is 140 g/mol. The first kappa shape index (κ1) is 7.72. The third-order valence-electron chi connectivity index (χ3n) is 1.74. The van der Waals surface area contributed by atoms with Crippen LogP contribution < -0.4 is 5.73 Å². The number of aryl methyl sites for hydroxylation is 2. The molecule has 0 heterocycles. The summed E-state index contributed by atoms with van der Waals surface area (Å²) < 4.78 is 0. The van der Waals surface area contributed by atoms with Gasteiger partial charge in [0.15, 0.2) is 0 Å². The van der Waals surface area contributed by atoms with Gasteiger partial charge in [0.1, 0.15) is 5.69 Å². The summed E-state index contributed by atoms with van der Waals surface area (Å²) in [5.74, 6) is 0. The van der Waals surface area contributed by atoms with Crippen molar-refractivity contribution in [2.24, 2.45) is 5.18 Å². The SMILES string of the molecule is Cc1cc(N)c(N=O)cc1C. The Morgan fingerprint density at radius 3 is 2.36 bits per heavy atom. The van der Waals surface area contributed by atoms with Crippen LogP contribution in [0.1, 0.15) is 11.1 Å². The summed E-state index contributed by atoms with van der Waals surface area (Å²) in [5, 5.41) is 2.80. The van der Waals surface area contributed by atoms with E-state index in [9.17, 15) is 4.91 Å². The van der Waals surface area contributed by atoms with E-state index >= 15 is 0 Å². The lowest BCUT2D eigenvalue weighted by molar-refractivity contribution is 1.32. The van der Waals surface area contributed by atoms with Gasteiger partial charge in [-0.2, -0.15) is 0 Å². The van der Waals surface area contributed by atoms with Crippen molar-refractivity contribution in [3.8, 4) is 0 Å². The summed E-state index contributed by atoms with van der Waals surface area (Å²) in [6.07, 6.45) is 0. The first-order chi connectivity index (χ1) is 5.15. The molecule has 0 aromatic heterocycles. The van der Waals surface area contributed by atoms with Crippen LogP contribution in [0.5, 0.6) is 0 Å². The molecule has 0 radical (unpaired) electrons. The molecule has 0 amide bonds. The lowest BCUT2D eigenvalue weighted by Gasteiger charge is -2.02. The van der Waals surface area contributed by atoms with Gasteiger partial charge in [-0.15, -0.1) is 4.91 Å². The lowest BCUT2D eigenvalue weighted by atomic mass is 10.1. The molecule has 0 bridgehead atoms. The molecule has 2 N–H and O–H groups in total. The van der Waals surface area contributed by atoms with E-state index < -0.39 is 0 Å². The standard InChI is InChI=1S/C8H10N2O/c1-5-3-7(9)8(10-11)4-6(5)2/h3-4H,9H2,1-2H3. The maximum Gasteiger partial charge on any atom is 0.131 e. The Bertz CT molecular complexity index is 294. The van der Waals surface area contributed by atoms with E-state index in [1.807, 2.05) is 13.8 Å². The summed E-state index contributed by atoms with van der Waals surface area (Å²) in [6.45, 7) is 3.86. The first-order valence-electron chi connectivity index (χ1n) is 3.35. The van der Waals surface area contributed by atoms with Gasteiger partial charge in [0.25, 0.3) is 0 Å². The molecule has 3 nitrogen and oxygen atoms in total. The van der Waals surface area contributed by atoms with Crippen LogP contribution in [0.4, 0.5) is 11.4 Å². The van der Waals surface area contributed by atoms with Crippen LogP contribution >= 0.6 is 0 Å². The third-order valence-corrected chi connectivity index (χ3v) is 1.74. The van der Waals surface area contributed by atoms with Crippen molar-refractivity contribution < 1.29 is 0 Å². The van der Waals surface area contributed by atoms with Gasteiger partial charge >= 0.3 is 0 Å². The highest BCUT2D eigenvalue weighted by atomic mass is 16.3. The molecule has 58 valence electrons.